The number of hydrogen-bond donors (Lipinski definition) is 1. The van der Waals surface area contributed by atoms with Gasteiger partial charge in [0.05, 0.1) is 13.1 Å². The standard InChI is InChI=1S/C20H26N6.HI/c1-21-20(25(3)16-18-10-7-12-24(18)2)23-14-19-22-11-13-26(19)15-17-8-5-4-6-9-17;/h4-13H,14-16H2,1-3H3,(H,21,23);1H. The Hall–Kier alpha value is -2.29. The van der Waals surface area contributed by atoms with E-state index in [1.165, 1.54) is 11.3 Å². The predicted molar refractivity (Wildman–Crippen MR) is 120 cm³/mol. The Kier molecular flexibility index (Phi) is 7.90. The van der Waals surface area contributed by atoms with Gasteiger partial charge < -0.3 is 19.4 Å². The van der Waals surface area contributed by atoms with Gasteiger partial charge in [-0.25, -0.2) is 4.98 Å². The van der Waals surface area contributed by atoms with Gasteiger partial charge in [0, 0.05) is 52.0 Å². The molecule has 144 valence electrons. The third-order valence-electron chi connectivity index (χ3n) is 4.43. The molecule has 0 amide bonds. The van der Waals surface area contributed by atoms with Gasteiger partial charge in [-0.15, -0.1) is 24.0 Å². The lowest BCUT2D eigenvalue weighted by Crippen LogP contribution is -2.38. The summed E-state index contributed by atoms with van der Waals surface area (Å²) in [4.78, 5) is 11.0. The Bertz CT molecular complexity index is 852. The average molecular weight is 478 g/mol. The van der Waals surface area contributed by atoms with Crippen molar-refractivity contribution < 1.29 is 0 Å². The number of aryl methyl sites for hydroxylation is 1. The number of nitrogens with one attached hydrogen (secondary N) is 1. The van der Waals surface area contributed by atoms with Gasteiger partial charge in [-0.3, -0.25) is 4.99 Å². The van der Waals surface area contributed by atoms with Crippen molar-refractivity contribution in [3.8, 4) is 0 Å². The first kappa shape index (κ1) is 21.0. The van der Waals surface area contributed by atoms with E-state index in [9.17, 15) is 0 Å². The number of aliphatic imine (C=N–C) groups is 1. The van der Waals surface area contributed by atoms with Gasteiger partial charge in [0.15, 0.2) is 5.96 Å². The molecular formula is C20H27IN6. The molecule has 6 nitrogen and oxygen atoms in total. The molecule has 0 fully saturated rings. The molecule has 3 rings (SSSR count). The van der Waals surface area contributed by atoms with E-state index in [1.807, 2.05) is 25.5 Å². The summed E-state index contributed by atoms with van der Waals surface area (Å²) in [5, 5.41) is 3.41. The summed E-state index contributed by atoms with van der Waals surface area (Å²) in [6.07, 6.45) is 5.91. The SMILES string of the molecule is CN=C(NCc1nccn1Cc1ccccc1)N(C)Cc1cccn1C.I. The minimum Gasteiger partial charge on any atom is -0.353 e. The summed E-state index contributed by atoms with van der Waals surface area (Å²) in [5.74, 6) is 1.84. The number of halogens is 1. The highest BCUT2D eigenvalue weighted by Crippen LogP contribution is 2.07. The monoisotopic (exact) mass is 478 g/mol. The van der Waals surface area contributed by atoms with Gasteiger partial charge in [-0.05, 0) is 17.7 Å². The van der Waals surface area contributed by atoms with Gasteiger partial charge in [0.2, 0.25) is 0 Å². The van der Waals surface area contributed by atoms with Crippen LogP contribution in [0.5, 0.6) is 0 Å². The van der Waals surface area contributed by atoms with Crippen LogP contribution >= 0.6 is 24.0 Å². The molecule has 0 spiro atoms. The first-order valence-electron chi connectivity index (χ1n) is 8.73. The molecular weight excluding hydrogens is 451 g/mol. The number of guanidine groups is 1. The lowest BCUT2D eigenvalue weighted by molar-refractivity contribution is 0.459. The van der Waals surface area contributed by atoms with Crippen molar-refractivity contribution in [3.05, 3.63) is 78.1 Å². The summed E-state index contributed by atoms with van der Waals surface area (Å²) in [6, 6.07) is 14.6. The van der Waals surface area contributed by atoms with E-state index >= 15 is 0 Å². The summed E-state index contributed by atoms with van der Waals surface area (Å²) in [6.45, 7) is 2.24. The lowest BCUT2D eigenvalue weighted by atomic mass is 10.2. The normalized spacial score (nSPS) is 11.1. The maximum absolute atomic E-state index is 4.49. The van der Waals surface area contributed by atoms with E-state index in [-0.39, 0.29) is 24.0 Å². The number of rotatable bonds is 6. The number of aromatic nitrogens is 3. The largest absolute Gasteiger partial charge is 0.353 e. The second kappa shape index (κ2) is 10.1. The zero-order valence-electron chi connectivity index (χ0n) is 16.0. The highest BCUT2D eigenvalue weighted by atomic mass is 127. The summed E-state index contributed by atoms with van der Waals surface area (Å²) >= 11 is 0. The number of nitrogens with zero attached hydrogens (tertiary/aromatic N) is 5. The van der Waals surface area contributed by atoms with Crippen LogP contribution in [0, 0.1) is 0 Å². The van der Waals surface area contributed by atoms with Crippen LogP contribution in [0.25, 0.3) is 0 Å². The van der Waals surface area contributed by atoms with Crippen molar-refractivity contribution in [1.82, 2.24) is 24.3 Å². The smallest absolute Gasteiger partial charge is 0.194 e. The highest BCUT2D eigenvalue weighted by Gasteiger charge is 2.10. The maximum atomic E-state index is 4.49. The van der Waals surface area contributed by atoms with Crippen LogP contribution in [0.15, 0.2) is 66.0 Å². The molecule has 0 unspecified atom stereocenters. The molecule has 0 saturated carbocycles. The molecule has 0 aliphatic rings. The third-order valence-corrected chi connectivity index (χ3v) is 4.43. The number of imidazole rings is 1. The van der Waals surface area contributed by atoms with Crippen molar-refractivity contribution in [1.29, 1.82) is 0 Å². The van der Waals surface area contributed by atoms with Crippen molar-refractivity contribution >= 4 is 29.9 Å². The zero-order valence-corrected chi connectivity index (χ0v) is 18.4. The second-order valence-corrected chi connectivity index (χ2v) is 6.32. The zero-order chi connectivity index (χ0) is 18.4. The molecule has 0 atom stereocenters. The van der Waals surface area contributed by atoms with Crippen LogP contribution in [-0.2, 0) is 26.7 Å². The van der Waals surface area contributed by atoms with Crippen molar-refractivity contribution in [2.24, 2.45) is 12.0 Å². The minimum atomic E-state index is 0. The lowest BCUT2D eigenvalue weighted by Gasteiger charge is -2.22. The van der Waals surface area contributed by atoms with Crippen LogP contribution in [-0.4, -0.2) is 39.1 Å². The van der Waals surface area contributed by atoms with Crippen molar-refractivity contribution in [3.63, 3.8) is 0 Å². The number of hydrogen-bond acceptors (Lipinski definition) is 2. The van der Waals surface area contributed by atoms with Gasteiger partial charge in [0.1, 0.15) is 5.82 Å². The molecule has 7 heteroatoms. The summed E-state index contributed by atoms with van der Waals surface area (Å²) < 4.78 is 4.28. The van der Waals surface area contributed by atoms with Crippen LogP contribution < -0.4 is 5.32 Å². The van der Waals surface area contributed by atoms with E-state index in [4.69, 9.17) is 0 Å². The highest BCUT2D eigenvalue weighted by molar-refractivity contribution is 14.0. The maximum Gasteiger partial charge on any atom is 0.194 e. The van der Waals surface area contributed by atoms with Gasteiger partial charge in [-0.2, -0.15) is 0 Å². The molecule has 1 N–H and O–H groups in total. The first-order chi connectivity index (χ1) is 12.7. The Labute approximate surface area is 178 Å². The van der Waals surface area contributed by atoms with E-state index in [0.717, 1.165) is 24.9 Å². The average Bonchev–Trinajstić information content (AvgIpc) is 3.26. The second-order valence-electron chi connectivity index (χ2n) is 6.32. The fourth-order valence-corrected chi connectivity index (χ4v) is 2.95. The molecule has 2 aromatic heterocycles. The quantitative estimate of drug-likeness (QED) is 0.337. The third kappa shape index (κ3) is 5.59. The Balaban J connectivity index is 0.00000261. The Morgan fingerprint density at radius 1 is 1.15 bits per heavy atom. The molecule has 1 aromatic carbocycles. The molecule has 0 bridgehead atoms. The molecule has 0 aliphatic heterocycles. The summed E-state index contributed by atoms with van der Waals surface area (Å²) in [7, 11) is 5.90. The van der Waals surface area contributed by atoms with Gasteiger partial charge >= 0.3 is 0 Å². The molecule has 0 aliphatic carbocycles. The van der Waals surface area contributed by atoms with Gasteiger partial charge in [0.25, 0.3) is 0 Å². The van der Waals surface area contributed by atoms with Crippen LogP contribution in [0.3, 0.4) is 0 Å². The number of benzene rings is 1. The fraction of sp³-hybridized carbons (Fsp3) is 0.300. The molecule has 3 aromatic rings. The topological polar surface area (TPSA) is 50.4 Å². The molecule has 0 saturated heterocycles. The van der Waals surface area contributed by atoms with Crippen LogP contribution in [0.2, 0.25) is 0 Å². The Morgan fingerprint density at radius 2 is 1.93 bits per heavy atom. The molecule has 2 heterocycles. The summed E-state index contributed by atoms with van der Waals surface area (Å²) in [5.41, 5.74) is 2.50. The fourth-order valence-electron chi connectivity index (χ4n) is 2.95. The van der Waals surface area contributed by atoms with Crippen LogP contribution in [0.4, 0.5) is 0 Å². The minimum absolute atomic E-state index is 0. The van der Waals surface area contributed by atoms with E-state index in [1.54, 1.807) is 7.05 Å². The van der Waals surface area contributed by atoms with Gasteiger partial charge in [-0.1, -0.05) is 30.3 Å². The predicted octanol–water partition coefficient (Wildman–Crippen LogP) is 3.10. The Morgan fingerprint density at radius 3 is 2.59 bits per heavy atom. The molecule has 27 heavy (non-hydrogen) atoms. The van der Waals surface area contributed by atoms with Crippen molar-refractivity contribution in [2.45, 2.75) is 19.6 Å². The van der Waals surface area contributed by atoms with E-state index in [2.05, 4.69) is 79.0 Å². The van der Waals surface area contributed by atoms with E-state index in [0.29, 0.717) is 6.54 Å². The van der Waals surface area contributed by atoms with Crippen LogP contribution in [0.1, 0.15) is 17.1 Å². The molecule has 0 radical (unpaired) electrons. The van der Waals surface area contributed by atoms with E-state index < -0.39 is 0 Å². The van der Waals surface area contributed by atoms with Crippen molar-refractivity contribution in [2.75, 3.05) is 14.1 Å². The first-order valence-corrected chi connectivity index (χ1v) is 8.73.